The first-order valence-corrected chi connectivity index (χ1v) is 7.89. The Labute approximate surface area is 130 Å². The van der Waals surface area contributed by atoms with Gasteiger partial charge in [-0.05, 0) is 70.1 Å². The van der Waals surface area contributed by atoms with E-state index in [1.165, 1.54) is 3.57 Å². The maximum atomic E-state index is 5.63. The maximum absolute atomic E-state index is 5.63. The number of methoxy groups -OCH3 is 1. The monoisotopic (exact) mass is 425 g/mol. The quantitative estimate of drug-likeness (QED) is 0.730. The number of benzene rings is 1. The lowest BCUT2D eigenvalue weighted by Crippen LogP contribution is -2.56. The molecule has 3 nitrogen and oxygen atoms in total. The van der Waals surface area contributed by atoms with Crippen molar-refractivity contribution in [1.82, 2.24) is 0 Å². The number of ether oxygens (including phenoxy) is 2. The summed E-state index contributed by atoms with van der Waals surface area (Å²) in [6, 6.07) is 6.59. The zero-order valence-corrected chi connectivity index (χ0v) is 14.2. The van der Waals surface area contributed by atoms with Gasteiger partial charge < -0.3 is 14.8 Å². The van der Waals surface area contributed by atoms with Gasteiger partial charge in [0, 0.05) is 27.4 Å². The largest absolute Gasteiger partial charge is 0.379 e. The van der Waals surface area contributed by atoms with Crippen molar-refractivity contribution in [2.75, 3.05) is 19.0 Å². The van der Waals surface area contributed by atoms with Crippen LogP contribution in [0.2, 0.25) is 0 Å². The minimum atomic E-state index is 0.134. The summed E-state index contributed by atoms with van der Waals surface area (Å²) in [6.45, 7) is 2.76. The average molecular weight is 426 g/mol. The van der Waals surface area contributed by atoms with Crippen molar-refractivity contribution in [3.8, 4) is 0 Å². The van der Waals surface area contributed by atoms with E-state index < -0.39 is 0 Å². The summed E-state index contributed by atoms with van der Waals surface area (Å²) in [6.07, 6.45) is 1.35. The van der Waals surface area contributed by atoms with E-state index in [2.05, 4.69) is 62.0 Å². The van der Waals surface area contributed by atoms with Crippen LogP contribution in [0.3, 0.4) is 0 Å². The van der Waals surface area contributed by atoms with Gasteiger partial charge in [-0.3, -0.25) is 0 Å². The molecule has 1 saturated carbocycles. The Kier molecular flexibility index (Phi) is 5.29. The molecule has 3 unspecified atom stereocenters. The Morgan fingerprint density at radius 2 is 2.28 bits per heavy atom. The molecule has 0 aliphatic heterocycles. The van der Waals surface area contributed by atoms with Crippen LogP contribution in [0.25, 0.3) is 0 Å². The van der Waals surface area contributed by atoms with E-state index in [1.54, 1.807) is 7.11 Å². The summed E-state index contributed by atoms with van der Waals surface area (Å²) in [5.74, 6) is 0. The number of anilines is 1. The van der Waals surface area contributed by atoms with Crippen molar-refractivity contribution in [1.29, 1.82) is 0 Å². The fourth-order valence-electron chi connectivity index (χ4n) is 2.22. The van der Waals surface area contributed by atoms with E-state index in [9.17, 15) is 0 Å². The molecule has 100 valence electrons. The van der Waals surface area contributed by atoms with Crippen molar-refractivity contribution < 1.29 is 9.47 Å². The highest BCUT2D eigenvalue weighted by Gasteiger charge is 2.42. The molecule has 0 amide bonds. The predicted octanol–water partition coefficient (Wildman–Crippen LogP) is 3.66. The smallest absolute Gasteiger partial charge is 0.103 e. The fourth-order valence-corrected chi connectivity index (χ4v) is 3.08. The second-order valence-corrected chi connectivity index (χ2v) is 6.40. The third kappa shape index (κ3) is 3.18. The number of nitrogens with one attached hydrogen (secondary N) is 1. The van der Waals surface area contributed by atoms with Crippen LogP contribution >= 0.6 is 38.5 Å². The highest BCUT2D eigenvalue weighted by Crippen LogP contribution is 2.33. The lowest BCUT2D eigenvalue weighted by molar-refractivity contribution is -0.118. The molecule has 0 saturated heterocycles. The topological polar surface area (TPSA) is 30.5 Å². The molecule has 1 fully saturated rings. The van der Waals surface area contributed by atoms with Crippen LogP contribution in [0.15, 0.2) is 22.7 Å². The normalized spacial score (nSPS) is 26.8. The van der Waals surface area contributed by atoms with Gasteiger partial charge in [-0.15, -0.1) is 0 Å². The van der Waals surface area contributed by atoms with Crippen LogP contribution in [0.1, 0.15) is 13.3 Å². The summed E-state index contributed by atoms with van der Waals surface area (Å²) < 4.78 is 13.4. The maximum Gasteiger partial charge on any atom is 0.103 e. The summed E-state index contributed by atoms with van der Waals surface area (Å²) in [5.41, 5.74) is 1.11. The Hall–Kier alpha value is 0.150. The van der Waals surface area contributed by atoms with Crippen molar-refractivity contribution >= 4 is 44.2 Å². The molecule has 1 aromatic rings. The third-order valence-corrected chi connectivity index (χ3v) is 4.53. The van der Waals surface area contributed by atoms with Crippen LogP contribution in [-0.4, -0.2) is 32.0 Å². The summed E-state index contributed by atoms with van der Waals surface area (Å²) in [4.78, 5) is 0. The Bertz CT molecular complexity index is 416. The highest BCUT2D eigenvalue weighted by molar-refractivity contribution is 14.1. The standard InChI is InChI=1S/C13H17BrINO2/c1-3-18-12-7-11(13(12)17-2)16-10-6-8(15)4-5-9(10)14/h4-6,11-13,16H,3,7H2,1-2H3. The molecule has 1 aliphatic carbocycles. The molecule has 0 heterocycles. The molecule has 1 aromatic carbocycles. The van der Waals surface area contributed by atoms with E-state index >= 15 is 0 Å². The van der Waals surface area contributed by atoms with Gasteiger partial charge in [0.05, 0.1) is 12.1 Å². The first-order valence-electron chi connectivity index (χ1n) is 6.01. The summed E-state index contributed by atoms with van der Waals surface area (Å²) in [7, 11) is 1.74. The van der Waals surface area contributed by atoms with Crippen molar-refractivity contribution in [3.63, 3.8) is 0 Å². The number of hydrogen-bond donors (Lipinski definition) is 1. The zero-order valence-electron chi connectivity index (χ0n) is 10.5. The summed E-state index contributed by atoms with van der Waals surface area (Å²) >= 11 is 5.88. The zero-order chi connectivity index (χ0) is 13.1. The molecule has 0 radical (unpaired) electrons. The van der Waals surface area contributed by atoms with E-state index in [0.717, 1.165) is 23.2 Å². The first kappa shape index (κ1) is 14.6. The lowest BCUT2D eigenvalue weighted by Gasteiger charge is -2.43. The molecular formula is C13H17BrINO2. The second-order valence-electron chi connectivity index (χ2n) is 4.30. The molecule has 1 aliphatic rings. The van der Waals surface area contributed by atoms with Crippen LogP contribution in [-0.2, 0) is 9.47 Å². The highest BCUT2D eigenvalue weighted by atomic mass is 127. The van der Waals surface area contributed by atoms with E-state index in [0.29, 0.717) is 6.04 Å². The van der Waals surface area contributed by atoms with Gasteiger partial charge in [0.25, 0.3) is 0 Å². The minimum absolute atomic E-state index is 0.134. The van der Waals surface area contributed by atoms with E-state index in [1.807, 2.05) is 6.92 Å². The fraction of sp³-hybridized carbons (Fsp3) is 0.538. The molecule has 0 spiro atoms. The molecular weight excluding hydrogens is 409 g/mol. The number of rotatable bonds is 5. The average Bonchev–Trinajstić information content (AvgIpc) is 2.32. The Balaban J connectivity index is 2.00. The Morgan fingerprint density at radius 3 is 2.94 bits per heavy atom. The second kappa shape index (κ2) is 6.54. The third-order valence-electron chi connectivity index (χ3n) is 3.17. The molecule has 2 rings (SSSR count). The lowest BCUT2D eigenvalue weighted by atomic mass is 9.85. The van der Waals surface area contributed by atoms with Gasteiger partial charge in [-0.2, -0.15) is 0 Å². The molecule has 1 N–H and O–H groups in total. The predicted molar refractivity (Wildman–Crippen MR) is 85.1 cm³/mol. The van der Waals surface area contributed by atoms with Crippen LogP contribution in [0, 0.1) is 3.57 Å². The van der Waals surface area contributed by atoms with Gasteiger partial charge in [0.1, 0.15) is 6.10 Å². The van der Waals surface area contributed by atoms with E-state index in [4.69, 9.17) is 9.47 Å². The van der Waals surface area contributed by atoms with Crippen molar-refractivity contribution in [3.05, 3.63) is 26.2 Å². The summed E-state index contributed by atoms with van der Waals surface area (Å²) in [5, 5.41) is 3.52. The molecule has 18 heavy (non-hydrogen) atoms. The molecule has 0 aromatic heterocycles. The minimum Gasteiger partial charge on any atom is -0.379 e. The van der Waals surface area contributed by atoms with Gasteiger partial charge in [0.15, 0.2) is 0 Å². The van der Waals surface area contributed by atoms with Gasteiger partial charge in [0.2, 0.25) is 0 Å². The SMILES string of the molecule is CCOC1CC(Nc2cc(I)ccc2Br)C1OC. The van der Waals surface area contributed by atoms with Gasteiger partial charge in [-0.1, -0.05) is 0 Å². The van der Waals surface area contributed by atoms with Crippen molar-refractivity contribution in [2.24, 2.45) is 0 Å². The van der Waals surface area contributed by atoms with Crippen LogP contribution in [0.4, 0.5) is 5.69 Å². The number of hydrogen-bond acceptors (Lipinski definition) is 3. The Morgan fingerprint density at radius 1 is 1.50 bits per heavy atom. The van der Waals surface area contributed by atoms with Gasteiger partial charge >= 0.3 is 0 Å². The van der Waals surface area contributed by atoms with Crippen LogP contribution < -0.4 is 5.32 Å². The number of halogens is 2. The van der Waals surface area contributed by atoms with Gasteiger partial charge in [-0.25, -0.2) is 0 Å². The van der Waals surface area contributed by atoms with E-state index in [-0.39, 0.29) is 12.2 Å². The van der Waals surface area contributed by atoms with Crippen molar-refractivity contribution in [2.45, 2.75) is 31.6 Å². The molecule has 5 heteroatoms. The van der Waals surface area contributed by atoms with Crippen LogP contribution in [0.5, 0.6) is 0 Å². The first-order chi connectivity index (χ1) is 8.65. The molecule has 0 bridgehead atoms. The molecule has 3 atom stereocenters.